The van der Waals surface area contributed by atoms with Crippen molar-refractivity contribution in [2.45, 2.75) is 39.5 Å². The number of carboxylic acid groups (broad SMARTS) is 1. The molecule has 1 aliphatic rings. The Labute approximate surface area is 130 Å². The van der Waals surface area contributed by atoms with Crippen molar-refractivity contribution in [3.8, 4) is 0 Å². The lowest BCUT2D eigenvalue weighted by Crippen LogP contribution is -2.40. The van der Waals surface area contributed by atoms with E-state index in [1.165, 1.54) is 0 Å². The van der Waals surface area contributed by atoms with Gasteiger partial charge in [-0.3, -0.25) is 4.79 Å². The molecular formula is C16H21ClN2O2. The van der Waals surface area contributed by atoms with E-state index in [0.29, 0.717) is 6.42 Å². The molecule has 1 aromatic carbocycles. The molecule has 0 amide bonds. The van der Waals surface area contributed by atoms with E-state index in [2.05, 4.69) is 9.97 Å². The van der Waals surface area contributed by atoms with E-state index in [0.717, 1.165) is 23.3 Å². The number of nitrogens with zero attached hydrogens (tertiary/aromatic N) is 1. The van der Waals surface area contributed by atoms with Gasteiger partial charge in [-0.25, -0.2) is 4.98 Å². The number of benzene rings is 1. The van der Waals surface area contributed by atoms with Gasteiger partial charge in [-0.2, -0.15) is 0 Å². The number of carboxylic acids is 1. The molecule has 1 saturated carbocycles. The maximum Gasteiger partial charge on any atom is 0.309 e. The largest absolute Gasteiger partial charge is 0.481 e. The average molecular weight is 309 g/mol. The Kier molecular flexibility index (Phi) is 3.79. The van der Waals surface area contributed by atoms with Crippen molar-refractivity contribution < 1.29 is 9.90 Å². The van der Waals surface area contributed by atoms with Crippen LogP contribution in [0.15, 0.2) is 24.3 Å². The summed E-state index contributed by atoms with van der Waals surface area (Å²) in [5.74, 6) is 0.360. The van der Waals surface area contributed by atoms with Crippen LogP contribution in [0.4, 0.5) is 0 Å². The second-order valence-electron chi connectivity index (χ2n) is 6.59. The Morgan fingerprint density at radius 2 is 2.00 bits per heavy atom. The fourth-order valence-electron chi connectivity index (χ4n) is 3.50. The number of hydrogen-bond acceptors (Lipinski definition) is 2. The first kappa shape index (κ1) is 15.8. The van der Waals surface area contributed by atoms with Gasteiger partial charge in [0.1, 0.15) is 5.82 Å². The minimum atomic E-state index is -0.707. The van der Waals surface area contributed by atoms with Crippen molar-refractivity contribution in [1.29, 1.82) is 0 Å². The number of H-pyrrole nitrogens is 1. The van der Waals surface area contributed by atoms with Crippen LogP contribution >= 0.6 is 12.4 Å². The number of hydrogen-bond donors (Lipinski definition) is 2. The van der Waals surface area contributed by atoms with Crippen molar-refractivity contribution in [1.82, 2.24) is 9.97 Å². The summed E-state index contributed by atoms with van der Waals surface area (Å²) in [5, 5.41) is 9.58. The highest BCUT2D eigenvalue weighted by atomic mass is 35.5. The quantitative estimate of drug-likeness (QED) is 0.882. The highest BCUT2D eigenvalue weighted by Crippen LogP contribution is 2.59. The molecule has 3 rings (SSSR count). The van der Waals surface area contributed by atoms with Gasteiger partial charge in [-0.15, -0.1) is 12.4 Å². The first-order chi connectivity index (χ1) is 9.36. The highest BCUT2D eigenvalue weighted by molar-refractivity contribution is 5.85. The number of aromatic amines is 1. The summed E-state index contributed by atoms with van der Waals surface area (Å²) >= 11 is 0. The van der Waals surface area contributed by atoms with Crippen molar-refractivity contribution in [3.63, 3.8) is 0 Å². The van der Waals surface area contributed by atoms with Crippen LogP contribution in [-0.2, 0) is 4.79 Å². The molecule has 114 valence electrons. The first-order valence-corrected chi connectivity index (χ1v) is 7.04. The maximum atomic E-state index is 11.7. The number of rotatable bonds is 2. The molecule has 4 nitrogen and oxygen atoms in total. The van der Waals surface area contributed by atoms with Crippen LogP contribution in [0.5, 0.6) is 0 Å². The number of aliphatic carboxylic acids is 1. The fraction of sp³-hybridized carbons (Fsp3) is 0.500. The molecule has 5 heteroatoms. The lowest BCUT2D eigenvalue weighted by Gasteiger charge is -2.37. The molecule has 2 atom stereocenters. The fourth-order valence-corrected chi connectivity index (χ4v) is 3.50. The number of halogens is 1. The molecule has 2 unspecified atom stereocenters. The van der Waals surface area contributed by atoms with Gasteiger partial charge in [0.25, 0.3) is 0 Å². The molecule has 1 aliphatic carbocycles. The third kappa shape index (κ3) is 2.13. The minimum Gasteiger partial charge on any atom is -0.481 e. The van der Waals surface area contributed by atoms with Crippen LogP contribution in [0, 0.1) is 10.8 Å². The third-order valence-corrected chi connectivity index (χ3v) is 5.44. The third-order valence-electron chi connectivity index (χ3n) is 5.44. The summed E-state index contributed by atoms with van der Waals surface area (Å²) in [6.45, 7) is 5.95. The normalized spacial score (nSPS) is 27.5. The standard InChI is InChI=1S/C16H20N2O2.ClH/c1-15(2)10(8-9-16(15,3)14(19)20)13-17-11-6-4-5-7-12(11)18-13;/h4-7,10H,8-9H2,1-3H3,(H,17,18)(H,19,20);1H. The molecule has 0 aliphatic heterocycles. The highest BCUT2D eigenvalue weighted by Gasteiger charge is 2.57. The van der Waals surface area contributed by atoms with Crippen LogP contribution in [0.25, 0.3) is 11.0 Å². The predicted octanol–water partition coefficient (Wildman–Crippen LogP) is 3.98. The summed E-state index contributed by atoms with van der Waals surface area (Å²) in [4.78, 5) is 19.7. The van der Waals surface area contributed by atoms with Gasteiger partial charge < -0.3 is 10.1 Å². The van der Waals surface area contributed by atoms with E-state index in [1.54, 1.807) is 0 Å². The topological polar surface area (TPSA) is 66.0 Å². The molecule has 1 fully saturated rings. The second kappa shape index (κ2) is 5.02. The molecule has 0 spiro atoms. The number of imidazole rings is 1. The summed E-state index contributed by atoms with van der Waals surface area (Å²) < 4.78 is 0. The van der Waals surface area contributed by atoms with Crippen molar-refractivity contribution in [2.75, 3.05) is 0 Å². The van der Waals surface area contributed by atoms with E-state index in [-0.39, 0.29) is 23.7 Å². The molecule has 1 aromatic heterocycles. The summed E-state index contributed by atoms with van der Waals surface area (Å²) in [6.07, 6.45) is 1.55. The molecular weight excluding hydrogens is 288 g/mol. The van der Waals surface area contributed by atoms with Crippen molar-refractivity contribution in [3.05, 3.63) is 30.1 Å². The summed E-state index contributed by atoms with van der Waals surface area (Å²) in [7, 11) is 0. The molecule has 0 saturated heterocycles. The van der Waals surface area contributed by atoms with Crippen LogP contribution in [0.1, 0.15) is 45.4 Å². The summed E-state index contributed by atoms with van der Waals surface area (Å²) in [6, 6.07) is 7.93. The van der Waals surface area contributed by atoms with E-state index in [1.807, 2.05) is 45.0 Å². The Morgan fingerprint density at radius 1 is 1.33 bits per heavy atom. The van der Waals surface area contributed by atoms with E-state index >= 15 is 0 Å². The SMILES string of the molecule is CC1(C(=O)O)CCC(c2nc3ccccc3[nH]2)C1(C)C.Cl. The molecule has 0 radical (unpaired) electrons. The predicted molar refractivity (Wildman–Crippen MR) is 84.8 cm³/mol. The van der Waals surface area contributed by atoms with Gasteiger partial charge in [-0.05, 0) is 37.3 Å². The Bertz CT molecular complexity index is 647. The monoisotopic (exact) mass is 308 g/mol. The van der Waals surface area contributed by atoms with Gasteiger partial charge in [0, 0.05) is 5.92 Å². The molecule has 2 N–H and O–H groups in total. The average Bonchev–Trinajstić information content (AvgIpc) is 2.90. The van der Waals surface area contributed by atoms with Crippen LogP contribution in [-0.4, -0.2) is 21.0 Å². The van der Waals surface area contributed by atoms with Crippen LogP contribution in [0.2, 0.25) is 0 Å². The van der Waals surface area contributed by atoms with Gasteiger partial charge in [0.15, 0.2) is 0 Å². The summed E-state index contributed by atoms with van der Waals surface area (Å²) in [5.41, 5.74) is 0.938. The minimum absolute atomic E-state index is 0. The van der Waals surface area contributed by atoms with E-state index < -0.39 is 11.4 Å². The van der Waals surface area contributed by atoms with Gasteiger partial charge in [0.2, 0.25) is 0 Å². The van der Waals surface area contributed by atoms with E-state index in [9.17, 15) is 9.90 Å². The lowest BCUT2D eigenvalue weighted by molar-refractivity contribution is -0.153. The smallest absolute Gasteiger partial charge is 0.309 e. The second-order valence-corrected chi connectivity index (χ2v) is 6.59. The number of fused-ring (bicyclic) bond motifs is 1. The number of para-hydroxylation sites is 2. The van der Waals surface area contributed by atoms with Gasteiger partial charge in [-0.1, -0.05) is 26.0 Å². The number of aromatic nitrogens is 2. The van der Waals surface area contributed by atoms with Crippen molar-refractivity contribution >= 4 is 29.4 Å². The Hall–Kier alpha value is -1.55. The molecule has 21 heavy (non-hydrogen) atoms. The van der Waals surface area contributed by atoms with Crippen LogP contribution < -0.4 is 0 Å². The zero-order valence-electron chi connectivity index (χ0n) is 12.5. The molecule has 0 bridgehead atoms. The molecule has 2 aromatic rings. The van der Waals surface area contributed by atoms with Crippen LogP contribution in [0.3, 0.4) is 0 Å². The van der Waals surface area contributed by atoms with Gasteiger partial charge >= 0.3 is 5.97 Å². The van der Waals surface area contributed by atoms with Crippen molar-refractivity contribution in [2.24, 2.45) is 10.8 Å². The first-order valence-electron chi connectivity index (χ1n) is 7.04. The maximum absolute atomic E-state index is 11.7. The number of carbonyl (C=O) groups is 1. The van der Waals surface area contributed by atoms with Gasteiger partial charge in [0.05, 0.1) is 16.4 Å². The zero-order chi connectivity index (χ0) is 14.5. The lowest BCUT2D eigenvalue weighted by atomic mass is 9.65. The zero-order valence-corrected chi connectivity index (χ0v) is 13.3. The molecule has 1 heterocycles. The van der Waals surface area contributed by atoms with E-state index in [4.69, 9.17) is 0 Å². The Morgan fingerprint density at radius 3 is 2.57 bits per heavy atom. The number of nitrogens with one attached hydrogen (secondary N) is 1. The Balaban J connectivity index is 0.00000161.